The van der Waals surface area contributed by atoms with Crippen LogP contribution in [0, 0.1) is 18.3 Å². The number of nitrogens with zero attached hydrogens (tertiary/aromatic N) is 3. The van der Waals surface area contributed by atoms with Crippen LogP contribution in [-0.4, -0.2) is 11.2 Å². The van der Waals surface area contributed by atoms with Crippen LogP contribution in [-0.2, 0) is 0 Å². The summed E-state index contributed by atoms with van der Waals surface area (Å²) >= 11 is 0. The molecule has 2 aromatic heterocycles. The summed E-state index contributed by atoms with van der Waals surface area (Å²) in [5, 5.41) is 13.1. The molecule has 0 radical (unpaired) electrons. The number of rotatable bonds is 6. The Kier molecular flexibility index (Phi) is 4.77. The van der Waals surface area contributed by atoms with E-state index in [0.29, 0.717) is 11.7 Å². The van der Waals surface area contributed by atoms with Crippen molar-refractivity contribution in [3.8, 4) is 6.07 Å². The molecule has 0 aliphatic carbocycles. The maximum Gasteiger partial charge on any atom is 0.252 e. The minimum atomic E-state index is 0.212. The molecule has 0 spiro atoms. The molecule has 6 heteroatoms. The highest BCUT2D eigenvalue weighted by molar-refractivity contribution is 5.76. The predicted octanol–water partition coefficient (Wildman–Crippen LogP) is 3.80. The molecule has 0 bridgehead atoms. The second-order valence-electron chi connectivity index (χ2n) is 4.67. The highest BCUT2D eigenvalue weighted by atomic mass is 16.4. The van der Waals surface area contributed by atoms with Crippen molar-refractivity contribution >= 4 is 12.1 Å². The van der Waals surface area contributed by atoms with Crippen LogP contribution in [0.1, 0.15) is 55.7 Å². The van der Waals surface area contributed by atoms with Gasteiger partial charge in [0.1, 0.15) is 17.6 Å². The molecule has 0 saturated carbocycles. The minimum absolute atomic E-state index is 0.212. The van der Waals surface area contributed by atoms with E-state index in [2.05, 4.69) is 29.4 Å². The van der Waals surface area contributed by atoms with E-state index in [4.69, 9.17) is 14.1 Å². The largest absolute Gasteiger partial charge is 0.460 e. The van der Waals surface area contributed by atoms with Gasteiger partial charge in [0.15, 0.2) is 0 Å². The minimum Gasteiger partial charge on any atom is -0.460 e. The Morgan fingerprint density at radius 1 is 1.38 bits per heavy atom. The number of nitrogens with one attached hydrogen (secondary N) is 1. The molecule has 2 aromatic rings. The number of oxazole rings is 1. The van der Waals surface area contributed by atoms with E-state index in [0.717, 1.165) is 18.6 Å². The summed E-state index contributed by atoms with van der Waals surface area (Å²) in [7, 11) is 0. The second-order valence-corrected chi connectivity index (χ2v) is 4.67. The molecule has 6 nitrogen and oxygen atoms in total. The molecular formula is C15H18N4O2. The zero-order valence-electron chi connectivity index (χ0n) is 12.4. The Morgan fingerprint density at radius 2 is 2.14 bits per heavy atom. The van der Waals surface area contributed by atoms with Crippen LogP contribution in [0.5, 0.6) is 0 Å². The highest BCUT2D eigenvalue weighted by Crippen LogP contribution is 2.27. The van der Waals surface area contributed by atoms with Crippen molar-refractivity contribution in [1.82, 2.24) is 4.98 Å². The van der Waals surface area contributed by atoms with Crippen molar-refractivity contribution < 1.29 is 8.83 Å². The molecule has 1 N–H and O–H groups in total. The molecule has 0 aliphatic rings. The third kappa shape index (κ3) is 3.51. The first kappa shape index (κ1) is 14.9. The highest BCUT2D eigenvalue weighted by Gasteiger charge is 2.18. The number of aromatic nitrogens is 1. The maximum absolute atomic E-state index is 9.10. The smallest absolute Gasteiger partial charge is 0.252 e. The molecule has 0 aliphatic heterocycles. The molecule has 0 atom stereocenters. The molecule has 21 heavy (non-hydrogen) atoms. The monoisotopic (exact) mass is 286 g/mol. The first-order chi connectivity index (χ1) is 10.2. The van der Waals surface area contributed by atoms with Crippen molar-refractivity contribution in [2.24, 2.45) is 5.10 Å². The molecule has 0 aromatic carbocycles. The van der Waals surface area contributed by atoms with Crippen LogP contribution in [0.15, 0.2) is 26.1 Å². The van der Waals surface area contributed by atoms with Crippen LogP contribution in [0.2, 0.25) is 0 Å². The van der Waals surface area contributed by atoms with Crippen molar-refractivity contribution in [3.05, 3.63) is 35.2 Å². The summed E-state index contributed by atoms with van der Waals surface area (Å²) in [5.74, 6) is 2.48. The van der Waals surface area contributed by atoms with Crippen molar-refractivity contribution in [2.75, 3.05) is 5.43 Å². The Bertz CT molecular complexity index is 660. The van der Waals surface area contributed by atoms with E-state index in [1.807, 2.05) is 25.1 Å². The topological polar surface area (TPSA) is 87.4 Å². The van der Waals surface area contributed by atoms with Crippen LogP contribution in [0.4, 0.5) is 5.88 Å². The van der Waals surface area contributed by atoms with Crippen LogP contribution >= 0.6 is 0 Å². The molecule has 0 fully saturated rings. The van der Waals surface area contributed by atoms with Gasteiger partial charge in [0, 0.05) is 5.92 Å². The molecule has 0 saturated heterocycles. The van der Waals surface area contributed by atoms with Gasteiger partial charge in [0.25, 0.3) is 5.88 Å². The number of anilines is 1. The van der Waals surface area contributed by atoms with Gasteiger partial charge in [0.2, 0.25) is 11.6 Å². The number of hydrazone groups is 1. The summed E-state index contributed by atoms with van der Waals surface area (Å²) in [5.41, 5.74) is 2.92. The fourth-order valence-corrected chi connectivity index (χ4v) is 1.98. The fraction of sp³-hybridized carbons (Fsp3) is 0.400. The molecule has 0 amide bonds. The number of hydrogen-bond donors (Lipinski definition) is 1. The summed E-state index contributed by atoms with van der Waals surface area (Å²) in [6.45, 7) is 5.99. The van der Waals surface area contributed by atoms with Crippen molar-refractivity contribution in [2.45, 2.75) is 39.5 Å². The number of aryl methyl sites for hydroxylation is 1. The maximum atomic E-state index is 9.10. The second kappa shape index (κ2) is 6.75. The quantitative estimate of drug-likeness (QED) is 0.644. The SMILES string of the molecule is CCC(CC)c1nc(C#N)c(NN=Cc2ccc(C)o2)o1. The number of nitriles is 1. The lowest BCUT2D eigenvalue weighted by atomic mass is 10.0. The Balaban J connectivity index is 2.12. The van der Waals surface area contributed by atoms with Gasteiger partial charge in [0.05, 0.1) is 6.21 Å². The van der Waals surface area contributed by atoms with Gasteiger partial charge in [-0.15, -0.1) is 0 Å². The van der Waals surface area contributed by atoms with Gasteiger partial charge in [-0.3, -0.25) is 0 Å². The van der Waals surface area contributed by atoms with Gasteiger partial charge >= 0.3 is 0 Å². The van der Waals surface area contributed by atoms with E-state index in [9.17, 15) is 0 Å². The summed E-state index contributed by atoms with van der Waals surface area (Å²) < 4.78 is 11.0. The average molecular weight is 286 g/mol. The molecule has 110 valence electrons. The lowest BCUT2D eigenvalue weighted by Crippen LogP contribution is -1.95. The predicted molar refractivity (Wildman–Crippen MR) is 79.2 cm³/mol. The first-order valence-corrected chi connectivity index (χ1v) is 6.94. The van der Waals surface area contributed by atoms with Crippen molar-refractivity contribution in [3.63, 3.8) is 0 Å². The van der Waals surface area contributed by atoms with E-state index in [-0.39, 0.29) is 17.5 Å². The van der Waals surface area contributed by atoms with Gasteiger partial charge in [-0.2, -0.15) is 10.4 Å². The van der Waals surface area contributed by atoms with E-state index >= 15 is 0 Å². The van der Waals surface area contributed by atoms with Gasteiger partial charge in [-0.05, 0) is 31.9 Å². The standard InChI is InChI=1S/C15H18N4O2/c1-4-11(5-2)14-18-13(8-16)15(21-14)19-17-9-12-7-6-10(3)20-12/h6-7,9,11,19H,4-5H2,1-3H3. The molecule has 2 heterocycles. The number of furan rings is 1. The summed E-state index contributed by atoms with van der Waals surface area (Å²) in [6.07, 6.45) is 3.35. The van der Waals surface area contributed by atoms with Crippen LogP contribution < -0.4 is 5.43 Å². The first-order valence-electron chi connectivity index (χ1n) is 6.94. The lowest BCUT2D eigenvalue weighted by Gasteiger charge is -2.05. The summed E-state index contributed by atoms with van der Waals surface area (Å²) in [6, 6.07) is 5.66. The third-order valence-corrected chi connectivity index (χ3v) is 3.20. The van der Waals surface area contributed by atoms with Crippen molar-refractivity contribution in [1.29, 1.82) is 5.26 Å². The van der Waals surface area contributed by atoms with Gasteiger partial charge < -0.3 is 8.83 Å². The van der Waals surface area contributed by atoms with Crippen LogP contribution in [0.25, 0.3) is 0 Å². The molecule has 2 rings (SSSR count). The molecular weight excluding hydrogens is 268 g/mol. The fourth-order valence-electron chi connectivity index (χ4n) is 1.98. The zero-order valence-corrected chi connectivity index (χ0v) is 12.4. The Labute approximate surface area is 123 Å². The lowest BCUT2D eigenvalue weighted by molar-refractivity contribution is 0.439. The third-order valence-electron chi connectivity index (χ3n) is 3.20. The van der Waals surface area contributed by atoms with Gasteiger partial charge in [-0.25, -0.2) is 10.4 Å². The van der Waals surface area contributed by atoms with Gasteiger partial charge in [-0.1, -0.05) is 13.8 Å². The summed E-state index contributed by atoms with van der Waals surface area (Å²) in [4.78, 5) is 4.21. The Hall–Kier alpha value is -2.55. The van der Waals surface area contributed by atoms with E-state index in [1.54, 1.807) is 0 Å². The van der Waals surface area contributed by atoms with E-state index in [1.165, 1.54) is 6.21 Å². The number of hydrogen-bond acceptors (Lipinski definition) is 6. The van der Waals surface area contributed by atoms with Crippen LogP contribution in [0.3, 0.4) is 0 Å². The van der Waals surface area contributed by atoms with E-state index < -0.39 is 0 Å². The zero-order chi connectivity index (χ0) is 15.2. The molecule has 0 unspecified atom stereocenters. The normalized spacial score (nSPS) is 11.2. The Morgan fingerprint density at radius 3 is 2.71 bits per heavy atom. The average Bonchev–Trinajstić information content (AvgIpc) is 3.07.